The molecule has 0 aromatic heterocycles. The van der Waals surface area contributed by atoms with Gasteiger partial charge in [-0.3, -0.25) is 14.4 Å². The number of anilines is 2. The normalized spacial score (nSPS) is 11.6. The highest BCUT2D eigenvalue weighted by Crippen LogP contribution is 2.37. The van der Waals surface area contributed by atoms with E-state index >= 15 is 0 Å². The minimum absolute atomic E-state index is 0.0716. The summed E-state index contributed by atoms with van der Waals surface area (Å²) in [4.78, 5) is 41.0. The van der Waals surface area contributed by atoms with Gasteiger partial charge in [-0.2, -0.15) is 0 Å². The first-order valence-electron chi connectivity index (χ1n) is 15.8. The Morgan fingerprint density at radius 1 is 0.760 bits per heavy atom. The van der Waals surface area contributed by atoms with Crippen molar-refractivity contribution in [3.63, 3.8) is 0 Å². The Morgan fingerprint density at radius 2 is 1.42 bits per heavy atom. The molecule has 0 aliphatic heterocycles. The van der Waals surface area contributed by atoms with Gasteiger partial charge in [0.1, 0.15) is 17.2 Å². The van der Waals surface area contributed by atoms with Crippen LogP contribution in [0.15, 0.2) is 132 Å². The molecular formula is C40H36ClN3O5S. The monoisotopic (exact) mass is 705 g/mol. The third-order valence-electron chi connectivity index (χ3n) is 7.62. The van der Waals surface area contributed by atoms with Crippen molar-refractivity contribution in [1.29, 1.82) is 0 Å². The summed E-state index contributed by atoms with van der Waals surface area (Å²) in [6, 6.07) is 36.8. The van der Waals surface area contributed by atoms with Crippen LogP contribution < -0.4 is 25.4 Å². The topological polar surface area (TPSA) is 106 Å². The highest BCUT2D eigenvalue weighted by atomic mass is 35.5. The molecule has 3 amide bonds. The second-order valence-electron chi connectivity index (χ2n) is 11.0. The van der Waals surface area contributed by atoms with Crippen molar-refractivity contribution < 1.29 is 23.9 Å². The van der Waals surface area contributed by atoms with E-state index in [-0.39, 0.29) is 11.6 Å². The predicted octanol–water partition coefficient (Wildman–Crippen LogP) is 8.94. The maximum absolute atomic E-state index is 13.7. The molecule has 1 atom stereocenters. The molecule has 0 bridgehead atoms. The minimum atomic E-state index is -0.503. The van der Waals surface area contributed by atoms with Crippen LogP contribution in [-0.4, -0.2) is 37.2 Å². The molecule has 1 unspecified atom stereocenters. The van der Waals surface area contributed by atoms with Crippen LogP contribution in [0.1, 0.15) is 29.3 Å². The smallest absolute Gasteiger partial charge is 0.272 e. The van der Waals surface area contributed by atoms with Crippen LogP contribution in [0.3, 0.4) is 0 Å². The van der Waals surface area contributed by atoms with Crippen LogP contribution in [0.2, 0.25) is 5.02 Å². The first-order valence-corrected chi connectivity index (χ1v) is 17.1. The molecule has 5 aromatic carbocycles. The second kappa shape index (κ2) is 17.2. The molecule has 50 heavy (non-hydrogen) atoms. The fourth-order valence-corrected chi connectivity index (χ4v) is 6.27. The number of benzene rings is 5. The summed E-state index contributed by atoms with van der Waals surface area (Å²) >= 11 is 7.66. The predicted molar refractivity (Wildman–Crippen MR) is 202 cm³/mol. The Kier molecular flexibility index (Phi) is 12.3. The number of nitrogens with one attached hydrogen (secondary N) is 3. The molecule has 0 saturated carbocycles. The molecule has 254 valence electrons. The summed E-state index contributed by atoms with van der Waals surface area (Å²) in [7, 11) is 3.00. The van der Waals surface area contributed by atoms with E-state index in [0.29, 0.717) is 39.9 Å². The number of carbonyl (C=O) groups excluding carboxylic acids is 3. The van der Waals surface area contributed by atoms with Crippen molar-refractivity contribution in [1.82, 2.24) is 5.32 Å². The first kappa shape index (κ1) is 35.8. The summed E-state index contributed by atoms with van der Waals surface area (Å²) in [5, 5.41) is 8.48. The Balaban J connectivity index is 1.33. The van der Waals surface area contributed by atoms with Crippen molar-refractivity contribution >= 4 is 58.5 Å². The number of carbonyl (C=O) groups is 3. The maximum atomic E-state index is 13.7. The van der Waals surface area contributed by atoms with Crippen LogP contribution in [-0.2, 0) is 9.59 Å². The van der Waals surface area contributed by atoms with Crippen molar-refractivity contribution in [2.75, 3.05) is 24.9 Å². The van der Waals surface area contributed by atoms with E-state index < -0.39 is 17.1 Å². The van der Waals surface area contributed by atoms with Gasteiger partial charge in [-0.1, -0.05) is 97.4 Å². The number of rotatable bonds is 13. The number of hydrogen-bond donors (Lipinski definition) is 3. The quantitative estimate of drug-likeness (QED) is 0.0835. The van der Waals surface area contributed by atoms with Crippen molar-refractivity contribution in [2.45, 2.75) is 23.5 Å². The lowest BCUT2D eigenvalue weighted by molar-refractivity contribution is -0.116. The van der Waals surface area contributed by atoms with Gasteiger partial charge >= 0.3 is 0 Å². The van der Waals surface area contributed by atoms with Gasteiger partial charge in [-0.05, 0) is 65.6 Å². The highest BCUT2D eigenvalue weighted by Gasteiger charge is 2.21. The second-order valence-corrected chi connectivity index (χ2v) is 12.7. The van der Waals surface area contributed by atoms with E-state index in [9.17, 15) is 14.4 Å². The number of amides is 3. The zero-order chi connectivity index (χ0) is 35.5. The number of methoxy groups -OCH3 is 2. The van der Waals surface area contributed by atoms with E-state index in [1.807, 2.05) is 73.7 Å². The van der Waals surface area contributed by atoms with Gasteiger partial charge < -0.3 is 25.4 Å². The van der Waals surface area contributed by atoms with Crippen LogP contribution in [0, 0.1) is 0 Å². The Labute approximate surface area is 300 Å². The molecule has 0 saturated heterocycles. The average Bonchev–Trinajstić information content (AvgIpc) is 3.14. The summed E-state index contributed by atoms with van der Waals surface area (Å²) in [6.07, 6.45) is 2.17. The Hall–Kier alpha value is -5.51. The van der Waals surface area contributed by atoms with Crippen LogP contribution in [0.25, 0.3) is 17.2 Å². The highest BCUT2D eigenvalue weighted by molar-refractivity contribution is 8.00. The van der Waals surface area contributed by atoms with Gasteiger partial charge in [-0.25, -0.2) is 0 Å². The zero-order valence-corrected chi connectivity index (χ0v) is 29.3. The van der Waals surface area contributed by atoms with Gasteiger partial charge in [0.25, 0.3) is 11.8 Å². The molecule has 10 heteroatoms. The molecule has 3 N–H and O–H groups in total. The Morgan fingerprint density at radius 3 is 2.08 bits per heavy atom. The summed E-state index contributed by atoms with van der Waals surface area (Å²) in [5.74, 6) is -0.306. The molecule has 0 aliphatic carbocycles. The molecule has 0 aliphatic rings. The van der Waals surface area contributed by atoms with Gasteiger partial charge in [0.15, 0.2) is 0 Å². The number of hydrogen-bond acceptors (Lipinski definition) is 6. The van der Waals surface area contributed by atoms with E-state index in [0.717, 1.165) is 21.6 Å². The lowest BCUT2D eigenvalue weighted by Gasteiger charge is -2.18. The standard InChI is InChI=1S/C40H36ClN3O5S/c1-4-37(40(47)43-33-24-32(41)35(48-2)25-36(33)49-3)50-31-17-11-16-30(23-31)42-39(46)34(44-38(45)29-14-9-6-10-15-29)22-26-18-20-28(21-19-26)27-12-7-5-8-13-27/h5-25,37H,4H2,1-3H3,(H,42,46)(H,43,47)(H,44,45)/b34-22+. The first-order chi connectivity index (χ1) is 24.3. The molecule has 5 rings (SSSR count). The van der Waals surface area contributed by atoms with E-state index in [1.165, 1.54) is 26.0 Å². The minimum Gasteiger partial charge on any atom is -0.495 e. The van der Waals surface area contributed by atoms with E-state index in [4.69, 9.17) is 21.1 Å². The Bertz CT molecular complexity index is 1990. The van der Waals surface area contributed by atoms with Crippen LogP contribution in [0.5, 0.6) is 11.5 Å². The zero-order valence-electron chi connectivity index (χ0n) is 27.7. The summed E-state index contributed by atoms with van der Waals surface area (Å²) in [5.41, 5.74) is 4.25. The maximum Gasteiger partial charge on any atom is 0.272 e. The largest absolute Gasteiger partial charge is 0.495 e. The molecule has 0 fully saturated rings. The van der Waals surface area contributed by atoms with Crippen LogP contribution >= 0.6 is 23.4 Å². The number of thioether (sulfide) groups is 1. The van der Waals surface area contributed by atoms with Gasteiger partial charge in [0.05, 0.1) is 30.2 Å². The van der Waals surface area contributed by atoms with Gasteiger partial charge in [-0.15, -0.1) is 11.8 Å². The van der Waals surface area contributed by atoms with E-state index in [2.05, 4.69) is 16.0 Å². The van der Waals surface area contributed by atoms with Crippen molar-refractivity contribution in [2.24, 2.45) is 0 Å². The molecule has 8 nitrogen and oxygen atoms in total. The number of halogens is 1. The lowest BCUT2D eigenvalue weighted by atomic mass is 10.0. The third kappa shape index (κ3) is 9.34. The SMILES string of the molecule is CCC(Sc1cccc(NC(=O)/C(=C\c2ccc(-c3ccccc3)cc2)NC(=O)c2ccccc2)c1)C(=O)Nc1cc(Cl)c(OC)cc1OC. The van der Waals surface area contributed by atoms with Crippen molar-refractivity contribution in [3.05, 3.63) is 143 Å². The fraction of sp³-hybridized carbons (Fsp3) is 0.125. The lowest BCUT2D eigenvalue weighted by Crippen LogP contribution is -2.30. The average molecular weight is 706 g/mol. The van der Waals surface area contributed by atoms with Crippen LogP contribution in [0.4, 0.5) is 11.4 Å². The third-order valence-corrected chi connectivity index (χ3v) is 9.28. The summed E-state index contributed by atoms with van der Waals surface area (Å²) < 4.78 is 10.7. The molecule has 0 spiro atoms. The molecular weight excluding hydrogens is 670 g/mol. The van der Waals surface area contributed by atoms with E-state index in [1.54, 1.807) is 60.7 Å². The molecule has 0 radical (unpaired) electrons. The fourth-order valence-electron chi connectivity index (χ4n) is 5.01. The summed E-state index contributed by atoms with van der Waals surface area (Å²) in [6.45, 7) is 1.92. The molecule has 0 heterocycles. The van der Waals surface area contributed by atoms with Gasteiger partial charge in [0, 0.05) is 22.2 Å². The number of ether oxygens (including phenoxy) is 2. The van der Waals surface area contributed by atoms with Gasteiger partial charge in [0.2, 0.25) is 5.91 Å². The molecule has 5 aromatic rings. The van der Waals surface area contributed by atoms with Crippen molar-refractivity contribution in [3.8, 4) is 22.6 Å².